The number of rotatable bonds is 8. The summed E-state index contributed by atoms with van der Waals surface area (Å²) in [6.45, 7) is 0.930. The van der Waals surface area contributed by atoms with E-state index in [0.717, 1.165) is 25.7 Å². The second-order valence-corrected chi connectivity index (χ2v) is 4.25. The summed E-state index contributed by atoms with van der Waals surface area (Å²) in [6.07, 6.45) is 4.93. The molecular formula is C11H16ClN3O3. The van der Waals surface area contributed by atoms with Gasteiger partial charge in [-0.25, -0.2) is 4.98 Å². The van der Waals surface area contributed by atoms with Crippen molar-refractivity contribution in [2.45, 2.75) is 25.7 Å². The molecule has 0 aliphatic heterocycles. The van der Waals surface area contributed by atoms with E-state index in [-0.39, 0.29) is 17.3 Å². The van der Waals surface area contributed by atoms with Crippen LogP contribution in [-0.2, 0) is 0 Å². The number of hydrogen-bond acceptors (Lipinski definition) is 5. The molecule has 0 aliphatic carbocycles. The van der Waals surface area contributed by atoms with E-state index in [0.29, 0.717) is 12.4 Å². The predicted octanol–water partition coefficient (Wildman–Crippen LogP) is 2.61. The molecule has 0 aromatic carbocycles. The highest BCUT2D eigenvalue weighted by atomic mass is 35.5. The predicted molar refractivity (Wildman–Crippen MR) is 69.9 cm³/mol. The first-order chi connectivity index (χ1) is 8.65. The minimum absolute atomic E-state index is 0.117. The molecule has 1 rings (SSSR count). The van der Waals surface area contributed by atoms with Crippen LogP contribution >= 0.6 is 11.6 Å². The maximum Gasteiger partial charge on any atom is 0.289 e. The molecule has 0 fully saturated rings. The quantitative estimate of drug-likeness (QED) is 0.432. The second-order valence-electron chi connectivity index (χ2n) is 3.85. The topological polar surface area (TPSA) is 88.3 Å². The summed E-state index contributed by atoms with van der Waals surface area (Å²) in [5.41, 5.74) is -0.117. The Morgan fingerprint density at radius 2 is 2.11 bits per heavy atom. The van der Waals surface area contributed by atoms with Crippen LogP contribution in [0.25, 0.3) is 0 Å². The molecule has 1 heterocycles. The van der Waals surface area contributed by atoms with Gasteiger partial charge in [0, 0.05) is 19.2 Å². The highest BCUT2D eigenvalue weighted by Gasteiger charge is 2.10. The SMILES string of the molecule is O=[N+]([O-])c1cnc(NCCCCCCO)c(Cl)c1. The Hall–Kier alpha value is -1.40. The van der Waals surface area contributed by atoms with Gasteiger partial charge in [-0.1, -0.05) is 24.4 Å². The van der Waals surface area contributed by atoms with Gasteiger partial charge in [0.15, 0.2) is 0 Å². The van der Waals surface area contributed by atoms with Crippen molar-refractivity contribution in [3.05, 3.63) is 27.4 Å². The summed E-state index contributed by atoms with van der Waals surface area (Å²) in [6, 6.07) is 1.28. The lowest BCUT2D eigenvalue weighted by molar-refractivity contribution is -0.385. The smallest absolute Gasteiger partial charge is 0.289 e. The Balaban J connectivity index is 2.36. The molecule has 1 aromatic rings. The van der Waals surface area contributed by atoms with Gasteiger partial charge in [-0.05, 0) is 12.8 Å². The number of hydrogen-bond donors (Lipinski definition) is 2. The number of pyridine rings is 1. The van der Waals surface area contributed by atoms with Crippen molar-refractivity contribution < 1.29 is 10.0 Å². The van der Waals surface area contributed by atoms with Crippen molar-refractivity contribution >= 4 is 23.1 Å². The number of aromatic nitrogens is 1. The fourth-order valence-corrected chi connectivity index (χ4v) is 1.68. The molecule has 0 atom stereocenters. The zero-order valence-electron chi connectivity index (χ0n) is 9.93. The first-order valence-corrected chi connectivity index (χ1v) is 6.17. The molecule has 100 valence electrons. The number of aliphatic hydroxyl groups is 1. The Labute approximate surface area is 110 Å². The summed E-state index contributed by atoms with van der Waals surface area (Å²) in [5, 5.41) is 22.4. The minimum atomic E-state index is -0.530. The number of anilines is 1. The number of nitrogens with zero attached hydrogens (tertiary/aromatic N) is 2. The lowest BCUT2D eigenvalue weighted by atomic mass is 10.2. The number of aliphatic hydroxyl groups excluding tert-OH is 1. The van der Waals surface area contributed by atoms with E-state index in [1.807, 2.05) is 0 Å². The monoisotopic (exact) mass is 273 g/mol. The fourth-order valence-electron chi connectivity index (χ4n) is 1.45. The summed E-state index contributed by atoms with van der Waals surface area (Å²) >= 11 is 5.87. The van der Waals surface area contributed by atoms with Crippen LogP contribution in [0.3, 0.4) is 0 Å². The normalized spacial score (nSPS) is 10.3. The molecule has 0 aliphatic rings. The molecular weight excluding hydrogens is 258 g/mol. The molecule has 0 saturated carbocycles. The maximum absolute atomic E-state index is 10.5. The molecule has 18 heavy (non-hydrogen) atoms. The van der Waals surface area contributed by atoms with Gasteiger partial charge >= 0.3 is 0 Å². The fraction of sp³-hybridized carbons (Fsp3) is 0.545. The summed E-state index contributed by atoms with van der Waals surface area (Å²) in [7, 11) is 0. The van der Waals surface area contributed by atoms with E-state index >= 15 is 0 Å². The standard InChI is InChI=1S/C11H16ClN3O3/c12-10-7-9(15(17)18)8-14-11(10)13-5-3-1-2-4-6-16/h7-8,16H,1-6H2,(H,13,14). The van der Waals surface area contributed by atoms with Crippen molar-refractivity contribution in [2.24, 2.45) is 0 Å². The van der Waals surface area contributed by atoms with Gasteiger partial charge < -0.3 is 10.4 Å². The molecule has 6 nitrogen and oxygen atoms in total. The molecule has 0 amide bonds. The first kappa shape index (κ1) is 14.7. The van der Waals surface area contributed by atoms with Gasteiger partial charge in [-0.3, -0.25) is 10.1 Å². The molecule has 1 aromatic heterocycles. The number of nitrogens with one attached hydrogen (secondary N) is 1. The van der Waals surface area contributed by atoms with Gasteiger partial charge in [0.05, 0.1) is 9.95 Å². The molecule has 0 spiro atoms. The summed E-state index contributed by atoms with van der Waals surface area (Å²) in [4.78, 5) is 13.9. The minimum Gasteiger partial charge on any atom is -0.396 e. The third-order valence-electron chi connectivity index (χ3n) is 2.41. The van der Waals surface area contributed by atoms with Gasteiger partial charge in [0.1, 0.15) is 12.0 Å². The molecule has 0 radical (unpaired) electrons. The zero-order valence-corrected chi connectivity index (χ0v) is 10.7. The van der Waals surface area contributed by atoms with Crippen LogP contribution in [0, 0.1) is 10.1 Å². The van der Waals surface area contributed by atoms with Crippen LogP contribution in [0.1, 0.15) is 25.7 Å². The maximum atomic E-state index is 10.5. The zero-order chi connectivity index (χ0) is 13.4. The molecule has 2 N–H and O–H groups in total. The van der Waals surface area contributed by atoms with Gasteiger partial charge in [0.25, 0.3) is 5.69 Å². The molecule has 7 heteroatoms. The average Bonchev–Trinajstić information content (AvgIpc) is 2.35. The van der Waals surface area contributed by atoms with E-state index < -0.39 is 4.92 Å². The van der Waals surface area contributed by atoms with Crippen molar-refractivity contribution in [3.63, 3.8) is 0 Å². The van der Waals surface area contributed by atoms with Gasteiger partial charge in [-0.15, -0.1) is 0 Å². The highest BCUT2D eigenvalue weighted by molar-refractivity contribution is 6.33. The Morgan fingerprint density at radius 1 is 1.39 bits per heavy atom. The van der Waals surface area contributed by atoms with E-state index in [1.165, 1.54) is 12.3 Å². The van der Waals surface area contributed by atoms with Crippen LogP contribution in [0.15, 0.2) is 12.3 Å². The second kappa shape index (κ2) is 7.84. The van der Waals surface area contributed by atoms with Crippen LogP contribution in [0.2, 0.25) is 5.02 Å². The van der Waals surface area contributed by atoms with E-state index in [9.17, 15) is 10.1 Å². The van der Waals surface area contributed by atoms with E-state index in [1.54, 1.807) is 0 Å². The number of nitro groups is 1. The van der Waals surface area contributed by atoms with E-state index in [4.69, 9.17) is 16.7 Å². The molecule has 0 bridgehead atoms. The summed E-state index contributed by atoms with van der Waals surface area (Å²) in [5.74, 6) is 0.462. The molecule has 0 unspecified atom stereocenters. The van der Waals surface area contributed by atoms with Gasteiger partial charge in [-0.2, -0.15) is 0 Å². The van der Waals surface area contributed by atoms with Crippen molar-refractivity contribution in [3.8, 4) is 0 Å². The van der Waals surface area contributed by atoms with Crippen LogP contribution in [0.4, 0.5) is 11.5 Å². The Kier molecular flexibility index (Phi) is 6.38. The number of unbranched alkanes of at least 4 members (excludes halogenated alkanes) is 3. The van der Waals surface area contributed by atoms with Crippen molar-refractivity contribution in [2.75, 3.05) is 18.5 Å². The van der Waals surface area contributed by atoms with Crippen LogP contribution in [0.5, 0.6) is 0 Å². The number of halogens is 1. The third kappa shape index (κ3) is 4.85. The largest absolute Gasteiger partial charge is 0.396 e. The molecule has 0 saturated heterocycles. The summed E-state index contributed by atoms with van der Waals surface area (Å²) < 4.78 is 0. The Morgan fingerprint density at radius 3 is 2.72 bits per heavy atom. The lowest BCUT2D eigenvalue weighted by Crippen LogP contribution is -2.04. The lowest BCUT2D eigenvalue weighted by Gasteiger charge is -2.06. The highest BCUT2D eigenvalue weighted by Crippen LogP contribution is 2.23. The van der Waals surface area contributed by atoms with Gasteiger partial charge in [0.2, 0.25) is 0 Å². The van der Waals surface area contributed by atoms with Crippen LogP contribution in [-0.4, -0.2) is 28.2 Å². The Bertz CT molecular complexity index is 401. The van der Waals surface area contributed by atoms with Crippen LogP contribution < -0.4 is 5.32 Å². The first-order valence-electron chi connectivity index (χ1n) is 5.80. The van der Waals surface area contributed by atoms with E-state index in [2.05, 4.69) is 10.3 Å². The van der Waals surface area contributed by atoms with Crippen molar-refractivity contribution in [1.29, 1.82) is 0 Å². The third-order valence-corrected chi connectivity index (χ3v) is 2.70. The van der Waals surface area contributed by atoms with Crippen molar-refractivity contribution in [1.82, 2.24) is 4.98 Å². The average molecular weight is 274 g/mol.